The van der Waals surface area contributed by atoms with Crippen LogP contribution in [-0.4, -0.2) is 26.9 Å². The zero-order valence-corrected chi connectivity index (χ0v) is 20.9. The summed E-state index contributed by atoms with van der Waals surface area (Å²) in [5.74, 6) is 0.713. The summed E-state index contributed by atoms with van der Waals surface area (Å²) < 4.78 is 11.6. The predicted molar refractivity (Wildman–Crippen MR) is 148 cm³/mol. The van der Waals surface area contributed by atoms with Gasteiger partial charge in [-0.3, -0.25) is 15.4 Å². The first-order valence-corrected chi connectivity index (χ1v) is 12.1. The first kappa shape index (κ1) is 25.8. The van der Waals surface area contributed by atoms with E-state index in [-0.39, 0.29) is 17.6 Å². The van der Waals surface area contributed by atoms with E-state index in [1.165, 1.54) is 12.1 Å². The van der Waals surface area contributed by atoms with Crippen molar-refractivity contribution in [1.82, 2.24) is 15.6 Å². The van der Waals surface area contributed by atoms with Crippen molar-refractivity contribution in [1.29, 1.82) is 0 Å². The van der Waals surface area contributed by atoms with Gasteiger partial charge in [-0.05, 0) is 29.8 Å². The van der Waals surface area contributed by atoms with Gasteiger partial charge in [-0.15, -0.1) is 5.10 Å². The number of para-hydroxylation sites is 1. The number of aromatic nitrogens is 2. The highest BCUT2D eigenvalue weighted by Crippen LogP contribution is 2.30. The van der Waals surface area contributed by atoms with Crippen LogP contribution in [0.3, 0.4) is 0 Å². The fourth-order valence-electron chi connectivity index (χ4n) is 3.75. The second kappa shape index (κ2) is 12.1. The Balaban J connectivity index is 1.29. The first-order chi connectivity index (χ1) is 19.6. The molecule has 0 aliphatic carbocycles. The Morgan fingerprint density at radius 1 is 0.850 bits per heavy atom. The molecule has 0 aliphatic rings. The van der Waals surface area contributed by atoms with Gasteiger partial charge in [0.2, 0.25) is 0 Å². The molecule has 0 unspecified atom stereocenters. The summed E-state index contributed by atoms with van der Waals surface area (Å²) in [5, 5.41) is 25.7. The molecule has 11 nitrogen and oxygen atoms in total. The van der Waals surface area contributed by atoms with Crippen LogP contribution in [0.5, 0.6) is 5.75 Å². The maximum Gasteiger partial charge on any atom is 0.343 e. The number of hydrazone groups is 1. The number of carbonyl (C=O) groups excluding carboxylic acids is 1. The van der Waals surface area contributed by atoms with E-state index in [4.69, 9.17) is 9.15 Å². The van der Waals surface area contributed by atoms with Gasteiger partial charge in [-0.1, -0.05) is 77.9 Å². The van der Waals surface area contributed by atoms with Crippen molar-refractivity contribution in [2.24, 2.45) is 5.10 Å². The third-order valence-corrected chi connectivity index (χ3v) is 5.67. The lowest BCUT2D eigenvalue weighted by Gasteiger charge is -2.09. The van der Waals surface area contributed by atoms with Gasteiger partial charge >= 0.3 is 12.0 Å². The van der Waals surface area contributed by atoms with Crippen molar-refractivity contribution in [2.75, 3.05) is 5.32 Å². The minimum atomic E-state index is -0.723. The third-order valence-electron chi connectivity index (χ3n) is 5.67. The van der Waals surface area contributed by atoms with Gasteiger partial charge < -0.3 is 9.15 Å². The van der Waals surface area contributed by atoms with Crippen molar-refractivity contribution in [3.63, 3.8) is 0 Å². The summed E-state index contributed by atoms with van der Waals surface area (Å²) in [4.78, 5) is 23.2. The molecule has 2 amide bonds. The number of non-ortho nitro benzene ring substituents is 1. The summed E-state index contributed by atoms with van der Waals surface area (Å²) in [5.41, 5.74) is 5.61. The number of benzene rings is 4. The summed E-state index contributed by atoms with van der Waals surface area (Å²) in [7, 11) is 0. The number of urea groups is 1. The SMILES string of the molecule is O=C(N/N=C(\c1ccccc1)c1ccc([N+](=O)[O-])cc1)Nc1nnc(-c2ccccc2OCc2ccccc2)o1. The number of ether oxygens (including phenoxy) is 1. The van der Waals surface area contributed by atoms with Crippen molar-refractivity contribution < 1.29 is 18.9 Å². The van der Waals surface area contributed by atoms with Crippen LogP contribution in [0.15, 0.2) is 119 Å². The van der Waals surface area contributed by atoms with Crippen LogP contribution in [-0.2, 0) is 6.61 Å². The van der Waals surface area contributed by atoms with Crippen LogP contribution >= 0.6 is 0 Å². The van der Waals surface area contributed by atoms with E-state index in [9.17, 15) is 14.9 Å². The number of nitro groups is 1. The van der Waals surface area contributed by atoms with Crippen LogP contribution < -0.4 is 15.5 Å². The van der Waals surface area contributed by atoms with Crippen LogP contribution in [0.2, 0.25) is 0 Å². The van der Waals surface area contributed by atoms with E-state index < -0.39 is 11.0 Å². The average molecular weight is 535 g/mol. The average Bonchev–Trinajstić information content (AvgIpc) is 3.46. The minimum Gasteiger partial charge on any atom is -0.488 e. The molecule has 198 valence electrons. The molecule has 4 aromatic carbocycles. The van der Waals surface area contributed by atoms with Crippen molar-refractivity contribution in [2.45, 2.75) is 6.61 Å². The lowest BCUT2D eigenvalue weighted by Crippen LogP contribution is -2.26. The third kappa shape index (κ3) is 6.34. The zero-order chi connectivity index (χ0) is 27.7. The number of anilines is 1. The van der Waals surface area contributed by atoms with Gasteiger partial charge in [0, 0.05) is 23.3 Å². The van der Waals surface area contributed by atoms with E-state index in [2.05, 4.69) is 26.0 Å². The molecule has 40 heavy (non-hydrogen) atoms. The molecule has 0 radical (unpaired) electrons. The van der Waals surface area contributed by atoms with E-state index in [0.29, 0.717) is 34.8 Å². The Morgan fingerprint density at radius 3 is 2.23 bits per heavy atom. The largest absolute Gasteiger partial charge is 0.488 e. The van der Waals surface area contributed by atoms with Gasteiger partial charge in [-0.25, -0.2) is 10.2 Å². The Hall–Kier alpha value is -5.84. The lowest BCUT2D eigenvalue weighted by atomic mass is 10.0. The lowest BCUT2D eigenvalue weighted by molar-refractivity contribution is -0.384. The zero-order valence-electron chi connectivity index (χ0n) is 20.9. The van der Waals surface area contributed by atoms with Crippen LogP contribution in [0.4, 0.5) is 16.5 Å². The molecule has 1 heterocycles. The smallest absolute Gasteiger partial charge is 0.343 e. The second-order valence-corrected chi connectivity index (χ2v) is 8.38. The highest BCUT2D eigenvalue weighted by Gasteiger charge is 2.16. The number of nitro benzene ring substituents is 1. The quantitative estimate of drug-likeness (QED) is 0.138. The number of nitrogens with zero attached hydrogens (tertiary/aromatic N) is 4. The minimum absolute atomic E-state index is 0.0545. The molecule has 5 rings (SSSR count). The maximum atomic E-state index is 12.6. The summed E-state index contributed by atoms with van der Waals surface area (Å²) in [6.07, 6.45) is 0. The van der Waals surface area contributed by atoms with Gasteiger partial charge in [0.25, 0.3) is 11.6 Å². The molecule has 0 fully saturated rings. The number of carbonyl (C=O) groups is 1. The molecular formula is C29H22N6O5. The van der Waals surface area contributed by atoms with E-state index >= 15 is 0 Å². The van der Waals surface area contributed by atoms with Gasteiger partial charge in [0.1, 0.15) is 12.4 Å². The van der Waals surface area contributed by atoms with Crippen LogP contribution in [0.1, 0.15) is 16.7 Å². The molecular weight excluding hydrogens is 512 g/mol. The summed E-state index contributed by atoms with van der Waals surface area (Å²) in [6, 6.07) is 31.0. The van der Waals surface area contributed by atoms with Crippen molar-refractivity contribution >= 4 is 23.4 Å². The first-order valence-electron chi connectivity index (χ1n) is 12.1. The molecule has 5 aromatic rings. The van der Waals surface area contributed by atoms with Gasteiger partial charge in [-0.2, -0.15) is 5.10 Å². The fourth-order valence-corrected chi connectivity index (χ4v) is 3.75. The number of nitrogens with one attached hydrogen (secondary N) is 2. The standard InChI is InChI=1S/C29H22N6O5/c36-28(33-31-26(21-11-5-2-6-12-21)22-15-17-23(18-16-22)35(37)38)30-29-34-32-27(40-29)24-13-7-8-14-25(24)39-19-20-9-3-1-4-10-20/h1-18H,19H2,(H2,30,33,34,36)/b31-26+. The van der Waals surface area contributed by atoms with E-state index in [1.54, 1.807) is 36.4 Å². The van der Waals surface area contributed by atoms with Crippen molar-refractivity contribution in [3.8, 4) is 17.2 Å². The molecule has 0 bridgehead atoms. The molecule has 0 spiro atoms. The Labute approximate surface area is 228 Å². The number of rotatable bonds is 9. The normalized spacial score (nSPS) is 11.1. The van der Waals surface area contributed by atoms with E-state index in [0.717, 1.165) is 5.56 Å². The topological polar surface area (TPSA) is 145 Å². The predicted octanol–water partition coefficient (Wildman–Crippen LogP) is 5.80. The molecule has 1 aromatic heterocycles. The Morgan fingerprint density at radius 2 is 1.50 bits per heavy atom. The van der Waals surface area contributed by atoms with Gasteiger partial charge in [0.05, 0.1) is 16.2 Å². The van der Waals surface area contributed by atoms with Gasteiger partial charge in [0.15, 0.2) is 0 Å². The monoisotopic (exact) mass is 534 g/mol. The highest BCUT2D eigenvalue weighted by molar-refractivity contribution is 6.13. The van der Waals surface area contributed by atoms with E-state index in [1.807, 2.05) is 60.7 Å². The van der Waals surface area contributed by atoms with Crippen LogP contribution in [0.25, 0.3) is 11.5 Å². The number of hydrogen-bond donors (Lipinski definition) is 2. The Bertz CT molecular complexity index is 1640. The molecule has 2 N–H and O–H groups in total. The van der Waals surface area contributed by atoms with Crippen molar-refractivity contribution in [3.05, 3.63) is 136 Å². The maximum absolute atomic E-state index is 12.6. The summed E-state index contributed by atoms with van der Waals surface area (Å²) >= 11 is 0. The number of hydrogen-bond acceptors (Lipinski definition) is 8. The fraction of sp³-hybridized carbons (Fsp3) is 0.0345. The second-order valence-electron chi connectivity index (χ2n) is 8.38. The molecule has 0 saturated carbocycles. The molecule has 0 saturated heterocycles. The summed E-state index contributed by atoms with van der Waals surface area (Å²) in [6.45, 7) is 0.357. The molecule has 0 aliphatic heterocycles. The number of amides is 2. The molecule has 11 heteroatoms. The Kier molecular flexibility index (Phi) is 7.83. The van der Waals surface area contributed by atoms with Crippen LogP contribution in [0, 0.1) is 10.1 Å². The highest BCUT2D eigenvalue weighted by atomic mass is 16.6. The molecule has 0 atom stereocenters.